The Bertz CT molecular complexity index is 418. The molecule has 0 aliphatic heterocycles. The maximum atomic E-state index is 4.62. The van der Waals surface area contributed by atoms with E-state index in [9.17, 15) is 0 Å². The van der Waals surface area contributed by atoms with Crippen molar-refractivity contribution in [1.29, 1.82) is 0 Å². The molecule has 0 spiro atoms. The lowest BCUT2D eigenvalue weighted by atomic mass is 10.1. The Hall–Kier alpha value is -0.370. The number of aromatic nitrogens is 1. The highest BCUT2D eigenvalue weighted by Gasteiger charge is 2.02. The van der Waals surface area contributed by atoms with Gasteiger partial charge in [-0.1, -0.05) is 20.8 Å². The molecule has 0 radical (unpaired) electrons. The van der Waals surface area contributed by atoms with Crippen LogP contribution in [-0.4, -0.2) is 30.6 Å². The van der Waals surface area contributed by atoms with Crippen LogP contribution in [0.2, 0.25) is 0 Å². The summed E-state index contributed by atoms with van der Waals surface area (Å²) in [7, 11) is 0. The lowest BCUT2D eigenvalue weighted by Crippen LogP contribution is -2.38. The van der Waals surface area contributed by atoms with E-state index in [-0.39, 0.29) is 24.0 Å². The van der Waals surface area contributed by atoms with Gasteiger partial charge in [0, 0.05) is 37.1 Å². The first kappa shape index (κ1) is 21.6. The van der Waals surface area contributed by atoms with Crippen LogP contribution >= 0.6 is 35.3 Å². The number of nitrogens with zero attached hydrogens (tertiary/aromatic N) is 2. The summed E-state index contributed by atoms with van der Waals surface area (Å²) in [6, 6.07) is 0. The van der Waals surface area contributed by atoms with E-state index in [0.717, 1.165) is 50.8 Å². The lowest BCUT2D eigenvalue weighted by Gasteiger charge is -2.10. The molecule has 0 aromatic carbocycles. The predicted octanol–water partition coefficient (Wildman–Crippen LogP) is 3.86. The molecule has 0 saturated heterocycles. The van der Waals surface area contributed by atoms with E-state index in [4.69, 9.17) is 0 Å². The molecular weight excluding hydrogens is 407 g/mol. The largest absolute Gasteiger partial charge is 0.357 e. The molecule has 0 aliphatic rings. The van der Waals surface area contributed by atoms with Crippen molar-refractivity contribution in [3.8, 4) is 0 Å². The number of hydrogen-bond donors (Lipinski definition) is 2. The predicted molar refractivity (Wildman–Crippen MR) is 109 cm³/mol. The van der Waals surface area contributed by atoms with Crippen LogP contribution in [0.5, 0.6) is 0 Å². The van der Waals surface area contributed by atoms with Gasteiger partial charge in [0.25, 0.3) is 0 Å². The minimum Gasteiger partial charge on any atom is -0.357 e. The monoisotopic (exact) mass is 438 g/mol. The van der Waals surface area contributed by atoms with Crippen LogP contribution in [-0.2, 0) is 12.8 Å². The Balaban J connectivity index is 0.00000441. The van der Waals surface area contributed by atoms with Gasteiger partial charge in [-0.05, 0) is 32.1 Å². The molecule has 2 N–H and O–H groups in total. The van der Waals surface area contributed by atoms with E-state index in [1.807, 2.05) is 17.5 Å². The summed E-state index contributed by atoms with van der Waals surface area (Å²) in [5, 5.41) is 7.89. The first-order valence-corrected chi connectivity index (χ1v) is 8.93. The summed E-state index contributed by atoms with van der Waals surface area (Å²) < 4.78 is 0. The van der Waals surface area contributed by atoms with Gasteiger partial charge in [-0.3, -0.25) is 4.99 Å². The SMILES string of the molecule is CCNC(=NCCCC(C)C)NCCc1ncc(CC)s1.I. The Morgan fingerprint density at radius 2 is 2.09 bits per heavy atom. The average Bonchev–Trinajstić information content (AvgIpc) is 2.91. The zero-order chi connectivity index (χ0) is 15.5. The van der Waals surface area contributed by atoms with E-state index in [0.29, 0.717) is 0 Å². The minimum absolute atomic E-state index is 0. The van der Waals surface area contributed by atoms with E-state index >= 15 is 0 Å². The van der Waals surface area contributed by atoms with Gasteiger partial charge >= 0.3 is 0 Å². The molecule has 1 rings (SSSR count). The quantitative estimate of drug-likeness (QED) is 0.267. The second kappa shape index (κ2) is 13.1. The molecule has 1 heterocycles. The number of halogens is 1. The smallest absolute Gasteiger partial charge is 0.191 e. The second-order valence-corrected chi connectivity index (χ2v) is 6.75. The van der Waals surface area contributed by atoms with Crippen molar-refractivity contribution in [2.45, 2.75) is 53.4 Å². The third kappa shape index (κ3) is 9.61. The molecule has 1 aromatic heterocycles. The molecule has 0 atom stereocenters. The van der Waals surface area contributed by atoms with Crippen molar-refractivity contribution in [1.82, 2.24) is 15.6 Å². The van der Waals surface area contributed by atoms with Gasteiger partial charge in [0.05, 0.1) is 5.01 Å². The van der Waals surface area contributed by atoms with Gasteiger partial charge in [0.15, 0.2) is 5.96 Å². The average molecular weight is 438 g/mol. The van der Waals surface area contributed by atoms with Crippen LogP contribution in [0.25, 0.3) is 0 Å². The zero-order valence-corrected chi connectivity index (χ0v) is 17.5. The van der Waals surface area contributed by atoms with Gasteiger partial charge in [-0.2, -0.15) is 0 Å². The van der Waals surface area contributed by atoms with Gasteiger partial charge in [-0.15, -0.1) is 35.3 Å². The zero-order valence-electron chi connectivity index (χ0n) is 14.3. The van der Waals surface area contributed by atoms with Crippen molar-refractivity contribution in [3.05, 3.63) is 16.1 Å². The van der Waals surface area contributed by atoms with Gasteiger partial charge in [0.1, 0.15) is 0 Å². The fourth-order valence-corrected chi connectivity index (χ4v) is 2.81. The third-order valence-corrected chi connectivity index (χ3v) is 4.34. The highest BCUT2D eigenvalue weighted by atomic mass is 127. The second-order valence-electron chi connectivity index (χ2n) is 5.55. The number of hydrogen-bond acceptors (Lipinski definition) is 3. The van der Waals surface area contributed by atoms with Crippen molar-refractivity contribution in [3.63, 3.8) is 0 Å². The van der Waals surface area contributed by atoms with Gasteiger partial charge in [-0.25, -0.2) is 4.98 Å². The Kier molecular flexibility index (Phi) is 12.9. The molecule has 6 heteroatoms. The molecule has 0 amide bonds. The fourth-order valence-electron chi connectivity index (χ4n) is 1.95. The van der Waals surface area contributed by atoms with Gasteiger partial charge in [0.2, 0.25) is 0 Å². The standard InChI is InChI=1S/C16H30N4S.HI/c1-5-14-12-20-15(21-14)9-11-19-16(17-6-2)18-10-7-8-13(3)4;/h12-13H,5-11H2,1-4H3,(H2,17,18,19);1H. The van der Waals surface area contributed by atoms with Crippen LogP contribution in [0.15, 0.2) is 11.2 Å². The molecule has 0 unspecified atom stereocenters. The molecular formula is C16H31IN4S. The Morgan fingerprint density at radius 1 is 1.32 bits per heavy atom. The van der Waals surface area contributed by atoms with E-state index in [2.05, 4.69) is 48.3 Å². The summed E-state index contributed by atoms with van der Waals surface area (Å²) in [6.07, 6.45) is 6.42. The molecule has 0 fully saturated rings. The van der Waals surface area contributed by atoms with Crippen LogP contribution in [0.4, 0.5) is 0 Å². The first-order valence-electron chi connectivity index (χ1n) is 8.11. The Labute approximate surface area is 156 Å². The maximum absolute atomic E-state index is 4.62. The summed E-state index contributed by atoms with van der Waals surface area (Å²) in [6.45, 7) is 11.4. The molecule has 0 saturated carbocycles. The molecule has 128 valence electrons. The van der Waals surface area contributed by atoms with E-state index < -0.39 is 0 Å². The summed E-state index contributed by atoms with van der Waals surface area (Å²) in [5.41, 5.74) is 0. The fraction of sp³-hybridized carbons (Fsp3) is 0.750. The normalized spacial score (nSPS) is 11.4. The molecule has 22 heavy (non-hydrogen) atoms. The van der Waals surface area contributed by atoms with Crippen LogP contribution in [0.1, 0.15) is 50.4 Å². The Morgan fingerprint density at radius 3 is 2.68 bits per heavy atom. The number of thiazole rings is 1. The van der Waals surface area contributed by atoms with Crippen molar-refractivity contribution < 1.29 is 0 Å². The highest BCUT2D eigenvalue weighted by molar-refractivity contribution is 14.0. The number of rotatable bonds is 9. The number of aryl methyl sites for hydroxylation is 1. The number of aliphatic imine (C=N–C) groups is 1. The van der Waals surface area contributed by atoms with Crippen molar-refractivity contribution >= 4 is 41.3 Å². The third-order valence-electron chi connectivity index (χ3n) is 3.13. The molecule has 0 aliphatic carbocycles. The maximum Gasteiger partial charge on any atom is 0.191 e. The van der Waals surface area contributed by atoms with Crippen LogP contribution < -0.4 is 10.6 Å². The van der Waals surface area contributed by atoms with Crippen LogP contribution in [0, 0.1) is 5.92 Å². The molecule has 4 nitrogen and oxygen atoms in total. The van der Waals surface area contributed by atoms with Gasteiger partial charge < -0.3 is 10.6 Å². The number of guanidine groups is 1. The summed E-state index contributed by atoms with van der Waals surface area (Å²) >= 11 is 1.81. The number of nitrogens with one attached hydrogen (secondary N) is 2. The van der Waals surface area contributed by atoms with Crippen molar-refractivity contribution in [2.24, 2.45) is 10.9 Å². The molecule has 1 aromatic rings. The lowest BCUT2D eigenvalue weighted by molar-refractivity contribution is 0.560. The highest BCUT2D eigenvalue weighted by Crippen LogP contribution is 2.13. The van der Waals surface area contributed by atoms with Crippen molar-refractivity contribution in [2.75, 3.05) is 19.6 Å². The topological polar surface area (TPSA) is 49.3 Å². The summed E-state index contributed by atoms with van der Waals surface area (Å²) in [5.74, 6) is 1.68. The minimum atomic E-state index is 0. The molecule has 0 bridgehead atoms. The van der Waals surface area contributed by atoms with Crippen LogP contribution in [0.3, 0.4) is 0 Å². The van der Waals surface area contributed by atoms with E-state index in [1.54, 1.807) is 0 Å². The first-order chi connectivity index (χ1) is 10.2. The summed E-state index contributed by atoms with van der Waals surface area (Å²) in [4.78, 5) is 10.4. The van der Waals surface area contributed by atoms with E-state index in [1.165, 1.54) is 16.3 Å².